The molecular formula is C6H10BrNO2S. The molecule has 0 radical (unpaired) electrons. The molecule has 0 fully saturated rings. The zero-order valence-corrected chi connectivity index (χ0v) is 8.63. The summed E-state index contributed by atoms with van der Waals surface area (Å²) in [7, 11) is 0. The van der Waals surface area contributed by atoms with Gasteiger partial charge in [-0.2, -0.15) is 0 Å². The maximum Gasteiger partial charge on any atom is 0.230 e. The first-order valence-corrected chi connectivity index (χ1v) is 4.66. The molecule has 0 saturated heterocycles. The van der Waals surface area contributed by atoms with E-state index in [1.54, 1.807) is 6.92 Å². The molecule has 0 aromatic rings. The standard InChI is InChI=1S/C6H10BrNO2S/c1-5(11)10-3-2-8-6(9)4-7/h2-4H2,1H3,(H,8,9). The topological polar surface area (TPSA) is 38.3 Å². The van der Waals surface area contributed by atoms with Crippen LogP contribution in [0.2, 0.25) is 0 Å². The van der Waals surface area contributed by atoms with E-state index in [1.807, 2.05) is 0 Å². The average Bonchev–Trinajstić information content (AvgIpc) is 1.97. The molecular weight excluding hydrogens is 230 g/mol. The second-order valence-electron chi connectivity index (χ2n) is 1.82. The third kappa shape index (κ3) is 7.74. The largest absolute Gasteiger partial charge is 0.486 e. The van der Waals surface area contributed by atoms with E-state index in [-0.39, 0.29) is 5.91 Å². The summed E-state index contributed by atoms with van der Waals surface area (Å²) in [4.78, 5) is 10.6. The zero-order valence-electron chi connectivity index (χ0n) is 6.22. The molecule has 0 spiro atoms. The highest BCUT2D eigenvalue weighted by Crippen LogP contribution is 1.80. The number of carbonyl (C=O) groups excluding carboxylic acids is 1. The summed E-state index contributed by atoms with van der Waals surface area (Å²) in [6.45, 7) is 2.63. The second-order valence-corrected chi connectivity index (χ2v) is 2.96. The smallest absolute Gasteiger partial charge is 0.230 e. The van der Waals surface area contributed by atoms with Crippen molar-refractivity contribution in [1.82, 2.24) is 5.32 Å². The quantitative estimate of drug-likeness (QED) is 0.450. The van der Waals surface area contributed by atoms with Gasteiger partial charge in [0.2, 0.25) is 5.91 Å². The molecule has 0 aromatic carbocycles. The molecule has 1 amide bonds. The Morgan fingerprint density at radius 1 is 1.73 bits per heavy atom. The van der Waals surface area contributed by atoms with E-state index in [4.69, 9.17) is 4.74 Å². The van der Waals surface area contributed by atoms with Crippen LogP contribution in [0.1, 0.15) is 6.92 Å². The number of hydrogen-bond donors (Lipinski definition) is 1. The molecule has 5 heteroatoms. The Labute approximate surface area is 79.6 Å². The maximum absolute atomic E-state index is 10.6. The van der Waals surface area contributed by atoms with Crippen molar-refractivity contribution in [2.24, 2.45) is 0 Å². The predicted octanol–water partition coefficient (Wildman–Crippen LogP) is 0.861. The molecule has 0 rings (SSSR count). The minimum absolute atomic E-state index is 0.0457. The van der Waals surface area contributed by atoms with Crippen LogP contribution in [0.25, 0.3) is 0 Å². The van der Waals surface area contributed by atoms with Crippen LogP contribution in [0, 0.1) is 0 Å². The van der Waals surface area contributed by atoms with E-state index in [0.29, 0.717) is 23.5 Å². The fourth-order valence-corrected chi connectivity index (χ4v) is 0.714. The minimum atomic E-state index is -0.0457. The molecule has 0 atom stereocenters. The Morgan fingerprint density at radius 2 is 2.36 bits per heavy atom. The van der Waals surface area contributed by atoms with E-state index < -0.39 is 0 Å². The first-order valence-electron chi connectivity index (χ1n) is 3.13. The summed E-state index contributed by atoms with van der Waals surface area (Å²) < 4.78 is 4.94. The number of alkyl halides is 1. The number of carbonyl (C=O) groups is 1. The van der Waals surface area contributed by atoms with Crippen LogP contribution in [0.3, 0.4) is 0 Å². The predicted molar refractivity (Wildman–Crippen MR) is 51.0 cm³/mol. The number of ether oxygens (including phenoxy) is 1. The molecule has 1 N–H and O–H groups in total. The van der Waals surface area contributed by atoms with E-state index in [0.717, 1.165) is 0 Å². The van der Waals surface area contributed by atoms with Gasteiger partial charge in [0.15, 0.2) is 5.05 Å². The highest BCUT2D eigenvalue weighted by molar-refractivity contribution is 9.09. The van der Waals surface area contributed by atoms with Gasteiger partial charge in [-0.3, -0.25) is 4.79 Å². The molecule has 0 aliphatic carbocycles. The zero-order chi connectivity index (χ0) is 8.69. The SMILES string of the molecule is CC(=S)OCCNC(=O)CBr. The van der Waals surface area contributed by atoms with Gasteiger partial charge < -0.3 is 10.1 Å². The lowest BCUT2D eigenvalue weighted by Gasteiger charge is -2.03. The van der Waals surface area contributed by atoms with E-state index in [2.05, 4.69) is 33.5 Å². The fourth-order valence-electron chi connectivity index (χ4n) is 0.432. The van der Waals surface area contributed by atoms with Crippen LogP contribution in [0.4, 0.5) is 0 Å². The highest BCUT2D eigenvalue weighted by Gasteiger charge is 1.95. The molecule has 0 aliphatic rings. The summed E-state index contributed by atoms with van der Waals surface area (Å²) >= 11 is 7.68. The van der Waals surface area contributed by atoms with Gasteiger partial charge in [0.1, 0.15) is 6.61 Å². The lowest BCUT2D eigenvalue weighted by molar-refractivity contribution is -0.118. The summed E-state index contributed by atoms with van der Waals surface area (Å²) in [6.07, 6.45) is 0. The second kappa shape index (κ2) is 6.54. The number of thiocarbonyl (C=S) groups is 1. The van der Waals surface area contributed by atoms with Crippen molar-refractivity contribution < 1.29 is 9.53 Å². The molecule has 0 aromatic heterocycles. The highest BCUT2D eigenvalue weighted by atomic mass is 79.9. The van der Waals surface area contributed by atoms with Crippen LogP contribution in [-0.4, -0.2) is 29.4 Å². The normalized spacial score (nSPS) is 8.91. The number of nitrogens with one attached hydrogen (secondary N) is 1. The Hall–Kier alpha value is -0.160. The van der Waals surface area contributed by atoms with Gasteiger partial charge in [0, 0.05) is 6.92 Å². The Balaban J connectivity index is 3.14. The van der Waals surface area contributed by atoms with Crippen LogP contribution < -0.4 is 5.32 Å². The Bertz CT molecular complexity index is 152. The monoisotopic (exact) mass is 239 g/mol. The number of rotatable bonds is 4. The summed E-state index contributed by atoms with van der Waals surface area (Å²) in [5.41, 5.74) is 0. The first kappa shape index (κ1) is 10.8. The molecule has 11 heavy (non-hydrogen) atoms. The molecule has 0 saturated carbocycles. The third-order valence-corrected chi connectivity index (χ3v) is 1.48. The fraction of sp³-hybridized carbons (Fsp3) is 0.667. The Kier molecular flexibility index (Phi) is 6.45. The molecule has 0 heterocycles. The van der Waals surface area contributed by atoms with Gasteiger partial charge in [-0.05, 0) is 12.2 Å². The van der Waals surface area contributed by atoms with Gasteiger partial charge in [0.05, 0.1) is 11.9 Å². The van der Waals surface area contributed by atoms with Crippen molar-refractivity contribution in [3.63, 3.8) is 0 Å². The van der Waals surface area contributed by atoms with Gasteiger partial charge in [0.25, 0.3) is 0 Å². The maximum atomic E-state index is 10.6. The van der Waals surface area contributed by atoms with Crippen LogP contribution >= 0.6 is 28.1 Å². The van der Waals surface area contributed by atoms with Gasteiger partial charge >= 0.3 is 0 Å². The summed E-state index contributed by atoms with van der Waals surface area (Å²) in [5.74, 6) is -0.0457. The van der Waals surface area contributed by atoms with E-state index in [9.17, 15) is 4.79 Å². The van der Waals surface area contributed by atoms with Gasteiger partial charge in [-0.15, -0.1) is 0 Å². The van der Waals surface area contributed by atoms with Gasteiger partial charge in [-0.1, -0.05) is 15.9 Å². The van der Waals surface area contributed by atoms with Crippen molar-refractivity contribution in [1.29, 1.82) is 0 Å². The molecule has 0 aliphatic heterocycles. The van der Waals surface area contributed by atoms with Crippen molar-refractivity contribution in [2.45, 2.75) is 6.92 Å². The summed E-state index contributed by atoms with van der Waals surface area (Å²) in [5, 5.41) is 3.44. The van der Waals surface area contributed by atoms with Crippen molar-refractivity contribution >= 4 is 39.1 Å². The first-order chi connectivity index (χ1) is 5.16. The van der Waals surface area contributed by atoms with Gasteiger partial charge in [-0.25, -0.2) is 0 Å². The van der Waals surface area contributed by atoms with E-state index >= 15 is 0 Å². The Morgan fingerprint density at radius 3 is 2.82 bits per heavy atom. The van der Waals surface area contributed by atoms with Crippen LogP contribution in [0.5, 0.6) is 0 Å². The van der Waals surface area contributed by atoms with Crippen LogP contribution in [-0.2, 0) is 9.53 Å². The van der Waals surface area contributed by atoms with Crippen molar-refractivity contribution in [3.05, 3.63) is 0 Å². The molecule has 3 nitrogen and oxygen atoms in total. The lowest BCUT2D eigenvalue weighted by Crippen LogP contribution is -2.28. The van der Waals surface area contributed by atoms with Crippen LogP contribution in [0.15, 0.2) is 0 Å². The van der Waals surface area contributed by atoms with E-state index in [1.165, 1.54) is 0 Å². The molecule has 64 valence electrons. The third-order valence-electron chi connectivity index (χ3n) is 0.851. The molecule has 0 unspecified atom stereocenters. The van der Waals surface area contributed by atoms with Crippen molar-refractivity contribution in [3.8, 4) is 0 Å². The van der Waals surface area contributed by atoms with Crippen molar-refractivity contribution in [2.75, 3.05) is 18.5 Å². The molecule has 0 bridgehead atoms. The number of halogens is 1. The number of amides is 1. The number of hydrogen-bond acceptors (Lipinski definition) is 3. The minimum Gasteiger partial charge on any atom is -0.486 e. The lowest BCUT2D eigenvalue weighted by atomic mass is 10.6. The average molecular weight is 240 g/mol. The summed E-state index contributed by atoms with van der Waals surface area (Å²) in [6, 6.07) is 0.